The number of halogens is 6. The zero-order chi connectivity index (χ0) is 30.2. The number of nitrogens with one attached hydrogen (secondary N) is 2. The number of hydrogen-bond acceptors (Lipinski definition) is 7. The van der Waals surface area contributed by atoms with Crippen molar-refractivity contribution in [1.29, 1.82) is 0 Å². The second-order valence-corrected chi connectivity index (χ2v) is 10.8. The Bertz CT molecular complexity index is 1490. The van der Waals surface area contributed by atoms with E-state index in [4.69, 9.17) is 4.55 Å². The predicted octanol–water partition coefficient (Wildman–Crippen LogP) is 3.54. The zero-order valence-electron chi connectivity index (χ0n) is 20.8. The Labute approximate surface area is 229 Å². The lowest BCUT2D eigenvalue weighted by molar-refractivity contribution is -0.143. The Balaban J connectivity index is 1.50. The largest absolute Gasteiger partial charge is 0.416 e. The molecule has 1 saturated carbocycles. The van der Waals surface area contributed by atoms with Crippen molar-refractivity contribution in [3.05, 3.63) is 77.0 Å². The first-order valence-corrected chi connectivity index (χ1v) is 13.4. The smallest absolute Gasteiger partial charge is 0.393 e. The molecule has 0 saturated heterocycles. The molecule has 1 aliphatic carbocycles. The average molecular weight is 608 g/mol. The van der Waals surface area contributed by atoms with Gasteiger partial charge in [-0.1, -0.05) is 0 Å². The van der Waals surface area contributed by atoms with Gasteiger partial charge in [0.25, 0.3) is 0 Å². The number of aliphatic hydroxyl groups is 1. The van der Waals surface area contributed by atoms with Crippen LogP contribution in [0, 0.1) is 5.92 Å². The van der Waals surface area contributed by atoms with Crippen LogP contribution in [0.4, 0.5) is 32.2 Å². The molecule has 0 unspecified atom stereocenters. The number of rotatable bonds is 9. The second kappa shape index (κ2) is 11.4. The molecule has 0 radical (unpaired) electrons. The number of hydrogen-bond donors (Lipinski definition) is 4. The number of carbonyl (C=O) groups excluding carboxylic acids is 1. The molecule has 10 nitrogen and oxygen atoms in total. The summed E-state index contributed by atoms with van der Waals surface area (Å²) in [5, 5.41) is 13.3. The van der Waals surface area contributed by atoms with E-state index in [-0.39, 0.29) is 54.5 Å². The van der Waals surface area contributed by atoms with Gasteiger partial charge in [-0.3, -0.25) is 9.35 Å². The lowest BCUT2D eigenvalue weighted by Crippen LogP contribution is -2.32. The van der Waals surface area contributed by atoms with Gasteiger partial charge in [-0.2, -0.15) is 39.5 Å². The lowest BCUT2D eigenvalue weighted by Gasteiger charge is -2.15. The van der Waals surface area contributed by atoms with Gasteiger partial charge in [-0.15, -0.1) is 0 Å². The summed E-state index contributed by atoms with van der Waals surface area (Å²) in [4.78, 5) is 21.1. The van der Waals surface area contributed by atoms with Crippen LogP contribution in [0.25, 0.3) is 0 Å². The van der Waals surface area contributed by atoms with E-state index in [2.05, 4.69) is 15.3 Å². The van der Waals surface area contributed by atoms with Crippen molar-refractivity contribution in [2.24, 2.45) is 5.92 Å². The molecule has 0 bridgehead atoms. The molecule has 1 aliphatic rings. The van der Waals surface area contributed by atoms with Gasteiger partial charge < -0.3 is 15.0 Å². The first-order valence-electron chi connectivity index (χ1n) is 11.9. The Hall–Kier alpha value is -3.54. The highest BCUT2D eigenvalue weighted by Gasteiger charge is 2.37. The van der Waals surface area contributed by atoms with E-state index in [1.807, 2.05) is 4.72 Å². The first-order chi connectivity index (χ1) is 19.0. The minimum absolute atomic E-state index is 0.0117. The monoisotopic (exact) mass is 607 g/mol. The van der Waals surface area contributed by atoms with E-state index in [1.54, 1.807) is 0 Å². The van der Waals surface area contributed by atoms with Gasteiger partial charge in [-0.05, 0) is 42.7 Å². The van der Waals surface area contributed by atoms with Crippen LogP contribution in [0.1, 0.15) is 45.5 Å². The zero-order valence-corrected chi connectivity index (χ0v) is 21.6. The van der Waals surface area contributed by atoms with Crippen molar-refractivity contribution in [1.82, 2.24) is 19.3 Å². The SMILES string of the molecule is O=C(c1ccn(Cc2cc(C(F)(F)F)cc(C(F)(F)F)c2)c1)c1cncnc1N[C@@H]1C[C@H](CNS(=O)(=O)O)[C@@H](O)C1. The van der Waals surface area contributed by atoms with Gasteiger partial charge >= 0.3 is 22.7 Å². The number of aromatic nitrogens is 3. The molecule has 17 heteroatoms. The minimum atomic E-state index is -4.99. The van der Waals surface area contributed by atoms with Crippen molar-refractivity contribution in [3.63, 3.8) is 0 Å². The summed E-state index contributed by atoms with van der Waals surface area (Å²) in [5.41, 5.74) is -3.10. The van der Waals surface area contributed by atoms with Crippen LogP contribution in [-0.2, 0) is 29.2 Å². The maximum absolute atomic E-state index is 13.2. The van der Waals surface area contributed by atoms with E-state index in [9.17, 15) is 44.7 Å². The summed E-state index contributed by atoms with van der Waals surface area (Å²) >= 11 is 0. The fraction of sp³-hybridized carbons (Fsp3) is 0.375. The van der Waals surface area contributed by atoms with E-state index in [0.29, 0.717) is 12.1 Å². The number of benzene rings is 1. The summed E-state index contributed by atoms with van der Waals surface area (Å²) in [7, 11) is -4.44. The summed E-state index contributed by atoms with van der Waals surface area (Å²) in [6.45, 7) is -0.590. The Kier molecular flexibility index (Phi) is 8.45. The fourth-order valence-electron chi connectivity index (χ4n) is 4.61. The van der Waals surface area contributed by atoms with Gasteiger partial charge in [0.2, 0.25) is 0 Å². The van der Waals surface area contributed by atoms with Crippen molar-refractivity contribution in [2.45, 2.75) is 43.9 Å². The van der Waals surface area contributed by atoms with Crippen LogP contribution in [0.15, 0.2) is 49.2 Å². The number of ketones is 1. The van der Waals surface area contributed by atoms with Gasteiger partial charge in [-0.25, -0.2) is 9.97 Å². The summed E-state index contributed by atoms with van der Waals surface area (Å²) in [5.74, 6) is -1.01. The number of alkyl halides is 6. The molecular weight excluding hydrogens is 584 g/mol. The van der Waals surface area contributed by atoms with Crippen molar-refractivity contribution in [3.8, 4) is 0 Å². The summed E-state index contributed by atoms with van der Waals surface area (Å²) < 4.78 is 113. The molecule has 4 N–H and O–H groups in total. The van der Waals surface area contributed by atoms with Crippen LogP contribution in [0.2, 0.25) is 0 Å². The molecule has 2 aromatic heterocycles. The minimum Gasteiger partial charge on any atom is -0.393 e. The van der Waals surface area contributed by atoms with Gasteiger partial charge in [0.05, 0.1) is 22.8 Å². The van der Waals surface area contributed by atoms with Gasteiger partial charge in [0.1, 0.15) is 12.1 Å². The van der Waals surface area contributed by atoms with Crippen LogP contribution < -0.4 is 10.0 Å². The highest BCUT2D eigenvalue weighted by molar-refractivity contribution is 7.83. The molecule has 222 valence electrons. The van der Waals surface area contributed by atoms with Crippen LogP contribution in [0.5, 0.6) is 0 Å². The quantitative estimate of drug-likeness (QED) is 0.164. The summed E-state index contributed by atoms with van der Waals surface area (Å²) in [6.07, 6.45) is -5.46. The molecule has 2 heterocycles. The Morgan fingerprint density at radius 3 is 2.34 bits per heavy atom. The van der Waals surface area contributed by atoms with E-state index < -0.39 is 57.6 Å². The van der Waals surface area contributed by atoms with Crippen molar-refractivity contribution >= 4 is 21.9 Å². The Morgan fingerprint density at radius 2 is 1.73 bits per heavy atom. The van der Waals surface area contributed by atoms with Crippen LogP contribution >= 0.6 is 0 Å². The number of aliphatic hydroxyl groups excluding tert-OH is 1. The molecule has 0 amide bonds. The molecular formula is C24H23F6N5O5S. The maximum atomic E-state index is 13.2. The highest BCUT2D eigenvalue weighted by atomic mass is 32.2. The third-order valence-electron chi connectivity index (χ3n) is 6.51. The molecule has 41 heavy (non-hydrogen) atoms. The number of nitrogens with zero attached hydrogens (tertiary/aromatic N) is 3. The van der Waals surface area contributed by atoms with E-state index in [1.165, 1.54) is 35.6 Å². The van der Waals surface area contributed by atoms with Gasteiger partial charge in [0.15, 0.2) is 5.78 Å². The molecule has 3 atom stereocenters. The molecule has 0 spiro atoms. The number of anilines is 1. The van der Waals surface area contributed by atoms with E-state index in [0.717, 1.165) is 0 Å². The predicted molar refractivity (Wildman–Crippen MR) is 131 cm³/mol. The summed E-state index contributed by atoms with van der Waals surface area (Å²) in [6, 6.07) is 2.17. The van der Waals surface area contributed by atoms with Gasteiger partial charge in [0, 0.05) is 49.2 Å². The maximum Gasteiger partial charge on any atom is 0.416 e. The normalized spacial score (nSPS) is 19.9. The Morgan fingerprint density at radius 1 is 1.07 bits per heavy atom. The van der Waals surface area contributed by atoms with Crippen molar-refractivity contribution < 1.29 is 49.2 Å². The molecule has 1 aromatic carbocycles. The topological polar surface area (TPSA) is 146 Å². The lowest BCUT2D eigenvalue weighted by atomic mass is 10.0. The molecule has 3 aromatic rings. The third-order valence-corrected chi connectivity index (χ3v) is 7.04. The third kappa shape index (κ3) is 7.81. The number of carbonyl (C=O) groups is 1. The first kappa shape index (κ1) is 30.4. The highest BCUT2D eigenvalue weighted by Crippen LogP contribution is 2.36. The average Bonchev–Trinajstić information content (AvgIpc) is 3.47. The standard InChI is InChI=1S/C24H23F6N5O5S/c25-23(26,27)16-3-13(4-17(6-16)24(28,29)30)10-35-2-1-14(11-35)21(37)19-9-31-12-32-22(19)34-18-5-15(20(36)7-18)8-33-41(38,39)40/h1-4,6,9,11-12,15,18,20,33,36H,5,7-8,10H2,(H,31,32,34)(H,38,39,40)/t15-,18-,20+/m1/s1. The van der Waals surface area contributed by atoms with E-state index >= 15 is 0 Å². The molecule has 0 aliphatic heterocycles. The molecule has 4 rings (SSSR count). The fourth-order valence-corrected chi connectivity index (χ4v) is 5.03. The van der Waals surface area contributed by atoms with Crippen LogP contribution in [-0.4, -0.2) is 57.1 Å². The van der Waals surface area contributed by atoms with Crippen LogP contribution in [0.3, 0.4) is 0 Å². The molecule has 1 fully saturated rings. The van der Waals surface area contributed by atoms with Crippen molar-refractivity contribution in [2.75, 3.05) is 11.9 Å². The second-order valence-electron chi connectivity index (χ2n) is 9.56.